The third-order valence-corrected chi connectivity index (χ3v) is 15.7. The van der Waals surface area contributed by atoms with Gasteiger partial charge in [0.2, 0.25) is 5.60 Å². The van der Waals surface area contributed by atoms with Gasteiger partial charge in [-0.1, -0.05) is 198 Å². The highest BCUT2D eigenvalue weighted by Crippen LogP contribution is 2.46. The molecule has 2 unspecified atom stereocenters. The predicted molar refractivity (Wildman–Crippen MR) is 323 cm³/mol. The first-order valence-corrected chi connectivity index (χ1v) is 29.5. The van der Waals surface area contributed by atoms with Gasteiger partial charge in [0.1, 0.15) is 43.9 Å². The molecule has 2 aliphatic heterocycles. The van der Waals surface area contributed by atoms with E-state index < -0.39 is 81.7 Å². The third kappa shape index (κ3) is 15.2. The summed E-state index contributed by atoms with van der Waals surface area (Å²) in [5.74, 6) is -2.28. The summed E-state index contributed by atoms with van der Waals surface area (Å²) < 4.78 is 22.9. The monoisotopic (exact) mass is 1200 g/mol. The van der Waals surface area contributed by atoms with Crippen LogP contribution < -0.4 is 10.6 Å². The first-order valence-electron chi connectivity index (χ1n) is 26.4. The number of fused-ring (bicyclic) bond motifs is 1. The van der Waals surface area contributed by atoms with Crippen LogP contribution in [0.2, 0.25) is 4.34 Å². The van der Waals surface area contributed by atoms with E-state index in [1.807, 2.05) is 152 Å². The van der Waals surface area contributed by atoms with E-state index in [0.29, 0.717) is 32.7 Å². The van der Waals surface area contributed by atoms with Crippen molar-refractivity contribution in [2.75, 3.05) is 17.6 Å². The van der Waals surface area contributed by atoms with Gasteiger partial charge < -0.3 is 29.1 Å². The van der Waals surface area contributed by atoms with Crippen LogP contribution in [0.25, 0.3) is 0 Å². The zero-order chi connectivity index (χ0) is 59.7. The van der Waals surface area contributed by atoms with Crippen molar-refractivity contribution in [1.82, 2.24) is 20.1 Å². The minimum atomic E-state index is -1.48. The lowest BCUT2D eigenvalue weighted by atomic mass is 9.80. The van der Waals surface area contributed by atoms with Gasteiger partial charge in [-0.2, -0.15) is 0 Å². The lowest BCUT2D eigenvalue weighted by Gasteiger charge is -2.49. The number of anilines is 1. The number of amides is 5. The Hall–Kier alpha value is -7.91. The number of hydrogen-bond donors (Lipinski definition) is 2. The fraction of sp³-hybridized carbons (Fsp3) is 0.290. The first kappa shape index (κ1) is 61.2. The van der Waals surface area contributed by atoms with Crippen LogP contribution in [0.3, 0.4) is 0 Å². The Morgan fingerprint density at radius 1 is 0.723 bits per heavy atom. The molecule has 17 nitrogen and oxygen atoms in total. The number of ether oxygens (including phenoxy) is 4. The van der Waals surface area contributed by atoms with Gasteiger partial charge in [0.25, 0.3) is 11.8 Å². The van der Waals surface area contributed by atoms with Gasteiger partial charge in [0, 0.05) is 27.3 Å². The largest absolute Gasteiger partial charge is 0.448 e. The molecule has 5 amide bonds. The summed E-state index contributed by atoms with van der Waals surface area (Å²) in [7, 11) is 0. The summed E-state index contributed by atoms with van der Waals surface area (Å²) in [6.45, 7) is 14.9. The van der Waals surface area contributed by atoms with Gasteiger partial charge in [0.05, 0.1) is 6.54 Å². The number of aromatic nitrogens is 1. The van der Waals surface area contributed by atoms with Gasteiger partial charge in [-0.3, -0.25) is 19.8 Å². The molecule has 0 spiro atoms. The van der Waals surface area contributed by atoms with Crippen molar-refractivity contribution >= 4 is 93.4 Å². The Labute approximate surface area is 499 Å². The molecule has 6 aromatic rings. The summed E-state index contributed by atoms with van der Waals surface area (Å²) in [6.07, 6.45) is -2.04. The molecule has 1 fully saturated rings. The van der Waals surface area contributed by atoms with E-state index in [2.05, 4.69) is 20.8 Å². The van der Waals surface area contributed by atoms with Crippen LogP contribution in [0.1, 0.15) is 102 Å². The predicted octanol–water partition coefficient (Wildman–Crippen LogP) is 13.2. The molecule has 21 heteroatoms. The van der Waals surface area contributed by atoms with E-state index >= 15 is 4.79 Å². The van der Waals surface area contributed by atoms with Crippen LogP contribution in [0, 0.1) is 0 Å². The molecule has 2 aliphatic rings. The molecule has 83 heavy (non-hydrogen) atoms. The number of nitrogens with zero attached hydrogens (tertiary/aromatic N) is 4. The summed E-state index contributed by atoms with van der Waals surface area (Å²) >= 11 is 10.1. The standard InChI is InChI=1S/C62H63ClN6O11S3/c1-59(2,3)77-56(73)66-55-65-45(50(63)83-55)46(67-80-62(41-30-19-12-20-31-41,42-32-21-13-22-33-42)43-34-23-14-24-35-43)51(70)64-47-52(71)69-48(54(72)76-49(39-26-15-10-16-27-39)40-28-17-11-18-29-40)44(38-82-53(47)69)81-37-25-36-68(57(74)78-60(4,5)6)58(75)79-61(7,8)9/h10-35,37,47,49,53H,36,38H2,1-9H3,(H,64,70)(H,65,66,73)/b37-25-,67-46-. The number of rotatable bonds is 17. The number of carbonyl (C=O) groups is 6. The molecule has 3 heterocycles. The zero-order valence-electron chi connectivity index (χ0n) is 47.1. The molecule has 1 saturated heterocycles. The van der Waals surface area contributed by atoms with Crippen LogP contribution in [0.4, 0.5) is 19.5 Å². The molecule has 2 N–H and O–H groups in total. The van der Waals surface area contributed by atoms with E-state index in [-0.39, 0.29) is 33.2 Å². The Morgan fingerprint density at radius 3 is 1.66 bits per heavy atom. The van der Waals surface area contributed by atoms with Gasteiger partial charge in [-0.25, -0.2) is 29.1 Å². The minimum absolute atomic E-state index is 0.0204. The minimum Gasteiger partial charge on any atom is -0.448 e. The molecule has 5 aromatic carbocycles. The Bertz CT molecular complexity index is 3240. The lowest BCUT2D eigenvalue weighted by Crippen LogP contribution is -2.71. The van der Waals surface area contributed by atoms with Crippen molar-refractivity contribution in [2.24, 2.45) is 5.16 Å². The zero-order valence-corrected chi connectivity index (χ0v) is 50.3. The fourth-order valence-electron chi connectivity index (χ4n) is 8.64. The van der Waals surface area contributed by atoms with Crippen molar-refractivity contribution in [3.05, 3.63) is 212 Å². The third-order valence-electron chi connectivity index (χ3n) is 12.1. The average molecular weight is 1200 g/mol. The van der Waals surface area contributed by atoms with Crippen molar-refractivity contribution in [2.45, 2.75) is 102 Å². The molecular formula is C62H63ClN6O11S3. The van der Waals surface area contributed by atoms with E-state index in [4.69, 9.17) is 35.4 Å². The second kappa shape index (κ2) is 26.1. The lowest BCUT2D eigenvalue weighted by molar-refractivity contribution is -0.154. The average Bonchev–Trinajstić information content (AvgIpc) is 2.97. The van der Waals surface area contributed by atoms with Gasteiger partial charge in [-0.15, -0.1) is 11.8 Å². The molecule has 432 valence electrons. The van der Waals surface area contributed by atoms with Crippen molar-refractivity contribution < 1.29 is 52.6 Å². The number of oxime groups is 1. The van der Waals surface area contributed by atoms with Gasteiger partial charge >= 0.3 is 24.2 Å². The number of hydrogen-bond acceptors (Lipinski definition) is 16. The maximum absolute atomic E-state index is 15.2. The molecular weight excluding hydrogens is 1140 g/mol. The molecule has 0 aliphatic carbocycles. The smallest absolute Gasteiger partial charge is 0.420 e. The van der Waals surface area contributed by atoms with Gasteiger partial charge in [-0.05, 0) is 78.8 Å². The normalized spacial score (nSPS) is 15.7. The Morgan fingerprint density at radius 2 is 1.19 bits per heavy atom. The summed E-state index contributed by atoms with van der Waals surface area (Å²) in [4.78, 5) is 98.6. The molecule has 0 bridgehead atoms. The van der Waals surface area contributed by atoms with Crippen molar-refractivity contribution in [1.29, 1.82) is 0 Å². The van der Waals surface area contributed by atoms with E-state index in [1.165, 1.54) is 22.7 Å². The van der Waals surface area contributed by atoms with Crippen molar-refractivity contribution in [3.8, 4) is 0 Å². The van der Waals surface area contributed by atoms with E-state index in [0.717, 1.165) is 28.0 Å². The van der Waals surface area contributed by atoms with Crippen molar-refractivity contribution in [3.63, 3.8) is 0 Å². The second-order valence-electron chi connectivity index (χ2n) is 21.9. The summed E-state index contributed by atoms with van der Waals surface area (Å²) in [5.41, 5.74) is -1.60. The van der Waals surface area contributed by atoms with Crippen LogP contribution in [0.15, 0.2) is 179 Å². The number of thiazole rings is 1. The number of nitrogens with one attached hydrogen (secondary N) is 2. The first-order chi connectivity index (χ1) is 39.4. The Balaban J connectivity index is 1.16. The molecule has 2 atom stereocenters. The maximum atomic E-state index is 15.2. The highest BCUT2D eigenvalue weighted by molar-refractivity contribution is 8.08. The highest BCUT2D eigenvalue weighted by Gasteiger charge is 2.55. The topological polar surface area (TPSA) is 204 Å². The number of thioether (sulfide) groups is 2. The quantitative estimate of drug-likeness (QED) is 0.0218. The summed E-state index contributed by atoms with van der Waals surface area (Å²) in [6, 6.07) is 45.0. The molecule has 8 rings (SSSR count). The number of β-lactam (4-membered cyclic amide) rings is 1. The van der Waals surface area contributed by atoms with Crippen LogP contribution in [-0.4, -0.2) is 97.1 Å². The number of imide groups is 1. The van der Waals surface area contributed by atoms with E-state index in [1.54, 1.807) is 67.7 Å². The number of esters is 1. The molecule has 0 radical (unpaired) electrons. The SMILES string of the molecule is CC(C)(C)OC(=O)Nc1nc(/C(=N/OC(c2ccccc2)(c2ccccc2)c2ccccc2)C(=O)NC2C(=O)N3C(C(=O)OC(c4ccccc4)c4ccccc4)=C(S/C=C\CN(C(=O)OC(C)(C)C)C(=O)OC(C)(C)C)CSC23)c(Cl)s1. The fourth-order valence-corrected chi connectivity index (χ4v) is 12.0. The number of carbonyl (C=O) groups excluding carboxylic acids is 6. The van der Waals surface area contributed by atoms with Gasteiger partial charge in [0.15, 0.2) is 16.9 Å². The van der Waals surface area contributed by atoms with Crippen LogP contribution in [0.5, 0.6) is 0 Å². The van der Waals surface area contributed by atoms with Crippen LogP contribution in [-0.2, 0) is 43.8 Å². The highest BCUT2D eigenvalue weighted by atomic mass is 35.5. The molecule has 0 saturated carbocycles. The second-order valence-corrected chi connectivity index (χ2v) is 25.6. The van der Waals surface area contributed by atoms with Crippen LogP contribution >= 0.6 is 46.5 Å². The summed E-state index contributed by atoms with van der Waals surface area (Å²) in [5, 5.41) is 10.8. The number of halogens is 1. The van der Waals surface area contributed by atoms with E-state index in [9.17, 15) is 24.0 Å². The molecule has 1 aromatic heterocycles. The number of benzene rings is 5. The maximum Gasteiger partial charge on any atom is 0.420 e. The Kier molecular flexibility index (Phi) is 19.3.